The van der Waals surface area contributed by atoms with Crippen LogP contribution >= 0.6 is 0 Å². The molecule has 0 radical (unpaired) electrons. The van der Waals surface area contributed by atoms with Gasteiger partial charge < -0.3 is 4.90 Å². The largest absolute Gasteiger partial charge is 0.429 e. The van der Waals surface area contributed by atoms with E-state index < -0.39 is 12.3 Å². The molecule has 0 aliphatic carbocycles. The molecule has 0 fully saturated rings. The maximum absolute atomic E-state index is 12.4. The Morgan fingerprint density at radius 1 is 1.62 bits per heavy atom. The summed E-state index contributed by atoms with van der Waals surface area (Å²) < 4.78 is 37.2. The average molecular weight is 193 g/mol. The minimum atomic E-state index is -4.30. The fraction of sp³-hybridized carbons (Fsp3) is 0.571. The quantitative estimate of drug-likeness (QED) is 0.614. The monoisotopic (exact) mass is 193 g/mol. The van der Waals surface area contributed by atoms with Crippen LogP contribution in [0.15, 0.2) is 17.8 Å². The van der Waals surface area contributed by atoms with E-state index in [1.807, 2.05) is 0 Å². The third-order valence-corrected chi connectivity index (χ3v) is 1.66. The van der Waals surface area contributed by atoms with Gasteiger partial charge in [0.2, 0.25) is 6.17 Å². The lowest BCUT2D eigenvalue weighted by Crippen LogP contribution is -2.48. The Hall–Kier alpha value is -1.20. The molecule has 0 aromatic rings. The van der Waals surface area contributed by atoms with Crippen LogP contribution in [0.4, 0.5) is 13.2 Å². The van der Waals surface area contributed by atoms with Crippen molar-refractivity contribution in [3.05, 3.63) is 12.7 Å². The van der Waals surface area contributed by atoms with E-state index in [9.17, 15) is 13.2 Å². The van der Waals surface area contributed by atoms with Crippen LogP contribution < -0.4 is 0 Å². The van der Waals surface area contributed by atoms with Crippen LogP contribution in [0.5, 0.6) is 0 Å². The van der Waals surface area contributed by atoms with Crippen LogP contribution in [-0.4, -0.2) is 42.2 Å². The summed E-state index contributed by atoms with van der Waals surface area (Å²) in [6, 6.07) is 0. The Labute approximate surface area is 74.1 Å². The van der Waals surface area contributed by atoms with Gasteiger partial charge in [-0.1, -0.05) is 6.08 Å². The lowest BCUT2D eigenvalue weighted by Gasteiger charge is -2.28. The molecule has 0 bridgehead atoms. The summed E-state index contributed by atoms with van der Waals surface area (Å²) >= 11 is 0. The van der Waals surface area contributed by atoms with Crippen LogP contribution in [-0.2, 0) is 0 Å². The zero-order chi connectivity index (χ0) is 10.1. The molecule has 1 heterocycles. The number of alkyl halides is 3. The fourth-order valence-corrected chi connectivity index (χ4v) is 1.16. The van der Waals surface area contributed by atoms with Crippen molar-refractivity contribution in [1.29, 1.82) is 0 Å². The first kappa shape index (κ1) is 9.88. The third-order valence-electron chi connectivity index (χ3n) is 1.66. The molecule has 3 nitrogen and oxygen atoms in total. The summed E-state index contributed by atoms with van der Waals surface area (Å²) in [6.07, 6.45) is -3.42. The molecular formula is C7H10F3N3. The molecule has 0 saturated heterocycles. The lowest BCUT2D eigenvalue weighted by atomic mass is 10.4. The van der Waals surface area contributed by atoms with Gasteiger partial charge >= 0.3 is 6.18 Å². The Morgan fingerprint density at radius 3 is 2.69 bits per heavy atom. The molecule has 1 aliphatic heterocycles. The van der Waals surface area contributed by atoms with Gasteiger partial charge in [0, 0.05) is 7.05 Å². The van der Waals surface area contributed by atoms with Gasteiger partial charge in [0.25, 0.3) is 0 Å². The van der Waals surface area contributed by atoms with Crippen molar-refractivity contribution >= 4 is 6.34 Å². The number of hydrazone groups is 1. The number of hydrogen-bond donors (Lipinski definition) is 0. The summed E-state index contributed by atoms with van der Waals surface area (Å²) in [4.78, 5) is 1.02. The van der Waals surface area contributed by atoms with Crippen LogP contribution in [0.25, 0.3) is 0 Å². The molecule has 1 aliphatic rings. The van der Waals surface area contributed by atoms with Crippen LogP contribution in [0.2, 0.25) is 0 Å². The molecule has 0 amide bonds. The van der Waals surface area contributed by atoms with Crippen LogP contribution in [0, 0.1) is 0 Å². The maximum atomic E-state index is 12.4. The van der Waals surface area contributed by atoms with Crippen molar-refractivity contribution in [3.8, 4) is 0 Å². The molecule has 0 spiro atoms. The minimum Gasteiger partial charge on any atom is -0.335 e. The van der Waals surface area contributed by atoms with E-state index in [-0.39, 0.29) is 6.54 Å². The predicted octanol–water partition coefficient (Wildman–Crippen LogP) is 1.25. The van der Waals surface area contributed by atoms with Crippen molar-refractivity contribution in [2.24, 2.45) is 5.10 Å². The summed E-state index contributed by atoms with van der Waals surface area (Å²) in [5.74, 6) is 0. The van der Waals surface area contributed by atoms with Gasteiger partial charge in [0.15, 0.2) is 0 Å². The highest BCUT2D eigenvalue weighted by Gasteiger charge is 2.47. The van der Waals surface area contributed by atoms with E-state index in [0.717, 1.165) is 16.2 Å². The summed E-state index contributed by atoms with van der Waals surface area (Å²) in [6.45, 7) is 3.45. The van der Waals surface area contributed by atoms with Crippen molar-refractivity contribution < 1.29 is 13.2 Å². The van der Waals surface area contributed by atoms with Gasteiger partial charge in [0.05, 0.1) is 6.54 Å². The first-order valence-corrected chi connectivity index (χ1v) is 3.67. The molecule has 6 heteroatoms. The first-order chi connectivity index (χ1) is 5.96. The third kappa shape index (κ3) is 1.93. The van der Waals surface area contributed by atoms with E-state index in [1.165, 1.54) is 13.1 Å². The second-order valence-electron chi connectivity index (χ2n) is 2.72. The van der Waals surface area contributed by atoms with E-state index in [1.54, 1.807) is 0 Å². The molecule has 0 saturated carbocycles. The van der Waals surface area contributed by atoms with Crippen molar-refractivity contribution in [2.75, 3.05) is 13.6 Å². The van der Waals surface area contributed by atoms with E-state index in [4.69, 9.17) is 0 Å². The van der Waals surface area contributed by atoms with Crippen molar-refractivity contribution in [2.45, 2.75) is 12.3 Å². The maximum Gasteiger partial charge on any atom is 0.429 e. The molecule has 13 heavy (non-hydrogen) atoms. The van der Waals surface area contributed by atoms with Gasteiger partial charge in [-0.15, -0.1) is 6.58 Å². The zero-order valence-corrected chi connectivity index (χ0v) is 7.12. The standard InChI is InChI=1S/C7H10F3N3/c1-3-4-13-6(7(8,9)10)12(2)5-11-13/h3,5-6H,1,4H2,2H3. The molecule has 0 aromatic heterocycles. The Balaban J connectivity index is 2.75. The highest BCUT2D eigenvalue weighted by molar-refractivity contribution is 5.56. The first-order valence-electron chi connectivity index (χ1n) is 3.67. The van der Waals surface area contributed by atoms with Gasteiger partial charge in [0.1, 0.15) is 6.34 Å². The smallest absolute Gasteiger partial charge is 0.335 e. The number of halogens is 3. The second-order valence-corrected chi connectivity index (χ2v) is 2.72. The molecule has 0 aromatic carbocycles. The Kier molecular flexibility index (Phi) is 2.49. The van der Waals surface area contributed by atoms with Crippen LogP contribution in [0.3, 0.4) is 0 Å². The molecule has 0 N–H and O–H groups in total. The van der Waals surface area contributed by atoms with E-state index in [0.29, 0.717) is 0 Å². The minimum absolute atomic E-state index is 0.0883. The topological polar surface area (TPSA) is 18.8 Å². The normalized spacial score (nSPS) is 22.6. The van der Waals surface area contributed by atoms with Gasteiger partial charge in [-0.25, -0.2) is 0 Å². The predicted molar refractivity (Wildman–Crippen MR) is 43.0 cm³/mol. The van der Waals surface area contributed by atoms with Crippen LogP contribution in [0.1, 0.15) is 0 Å². The average Bonchev–Trinajstić information content (AvgIpc) is 2.31. The highest BCUT2D eigenvalue weighted by atomic mass is 19.4. The number of rotatable bonds is 2. The number of nitrogens with zero attached hydrogens (tertiary/aromatic N) is 3. The van der Waals surface area contributed by atoms with E-state index in [2.05, 4.69) is 11.7 Å². The highest BCUT2D eigenvalue weighted by Crippen LogP contribution is 2.28. The molecule has 1 unspecified atom stereocenters. The number of hydrogen-bond acceptors (Lipinski definition) is 3. The van der Waals surface area contributed by atoms with Crippen molar-refractivity contribution in [3.63, 3.8) is 0 Å². The molecular weight excluding hydrogens is 183 g/mol. The van der Waals surface area contributed by atoms with E-state index >= 15 is 0 Å². The SMILES string of the molecule is C=CCN1N=CN(C)C1C(F)(F)F. The molecule has 1 rings (SSSR count). The van der Waals surface area contributed by atoms with Gasteiger partial charge in [-0.2, -0.15) is 18.3 Å². The summed E-state index contributed by atoms with van der Waals surface area (Å²) in [5, 5.41) is 4.53. The fourth-order valence-electron chi connectivity index (χ4n) is 1.16. The summed E-state index contributed by atoms with van der Waals surface area (Å²) in [7, 11) is 1.34. The summed E-state index contributed by atoms with van der Waals surface area (Å²) in [5.41, 5.74) is 0. The Morgan fingerprint density at radius 2 is 2.23 bits per heavy atom. The lowest BCUT2D eigenvalue weighted by molar-refractivity contribution is -0.203. The second kappa shape index (κ2) is 3.27. The van der Waals surface area contributed by atoms with Crippen molar-refractivity contribution in [1.82, 2.24) is 9.91 Å². The molecule has 1 atom stereocenters. The van der Waals surface area contributed by atoms with Gasteiger partial charge in [-0.05, 0) is 0 Å². The Bertz CT molecular complexity index is 224. The van der Waals surface area contributed by atoms with Gasteiger partial charge in [-0.3, -0.25) is 5.01 Å². The molecule has 74 valence electrons. The zero-order valence-electron chi connectivity index (χ0n) is 7.12.